The second kappa shape index (κ2) is 9.05. The van der Waals surface area contributed by atoms with Crippen LogP contribution in [0.2, 0.25) is 0 Å². The van der Waals surface area contributed by atoms with E-state index < -0.39 is 5.97 Å². The lowest BCUT2D eigenvalue weighted by Gasteiger charge is -2.10. The SMILES string of the molecule is CSc1ccccc1NC(=O)COC(=O)c1ccc(-c2ccccc2)cc1. The summed E-state index contributed by atoms with van der Waals surface area (Å²) in [6, 6.07) is 24.5. The molecular formula is C22H19NO3S. The van der Waals surface area contributed by atoms with Crippen LogP contribution in [0.5, 0.6) is 0 Å². The third kappa shape index (κ3) is 4.99. The van der Waals surface area contributed by atoms with Gasteiger partial charge in [0, 0.05) is 4.90 Å². The number of hydrogen-bond donors (Lipinski definition) is 1. The normalized spacial score (nSPS) is 10.3. The first kappa shape index (κ1) is 18.7. The Hall–Kier alpha value is -3.05. The highest BCUT2D eigenvalue weighted by atomic mass is 32.2. The largest absolute Gasteiger partial charge is 0.452 e. The van der Waals surface area contributed by atoms with Gasteiger partial charge in [-0.05, 0) is 41.6 Å². The van der Waals surface area contributed by atoms with Crippen molar-refractivity contribution in [1.29, 1.82) is 0 Å². The quantitative estimate of drug-likeness (QED) is 0.492. The monoisotopic (exact) mass is 377 g/mol. The molecule has 1 N–H and O–H groups in total. The molecule has 0 aliphatic heterocycles. The molecule has 3 aromatic rings. The lowest BCUT2D eigenvalue weighted by molar-refractivity contribution is -0.119. The third-order valence-electron chi connectivity index (χ3n) is 3.94. The summed E-state index contributed by atoms with van der Waals surface area (Å²) >= 11 is 1.54. The van der Waals surface area contributed by atoms with E-state index in [2.05, 4.69) is 5.32 Å². The summed E-state index contributed by atoms with van der Waals surface area (Å²) in [6.07, 6.45) is 1.93. The molecule has 1 amide bonds. The zero-order valence-corrected chi connectivity index (χ0v) is 15.7. The number of amides is 1. The summed E-state index contributed by atoms with van der Waals surface area (Å²) in [7, 11) is 0. The number of thioether (sulfide) groups is 1. The van der Waals surface area contributed by atoms with Gasteiger partial charge in [-0.15, -0.1) is 11.8 Å². The Morgan fingerprint density at radius 1 is 0.852 bits per heavy atom. The van der Waals surface area contributed by atoms with Gasteiger partial charge in [0.15, 0.2) is 6.61 Å². The van der Waals surface area contributed by atoms with Gasteiger partial charge in [0.05, 0.1) is 11.3 Å². The van der Waals surface area contributed by atoms with Gasteiger partial charge in [0.2, 0.25) is 0 Å². The molecule has 0 heterocycles. The number of carbonyl (C=O) groups is 2. The molecule has 0 unspecified atom stereocenters. The van der Waals surface area contributed by atoms with E-state index in [4.69, 9.17) is 4.74 Å². The standard InChI is InChI=1S/C22H19NO3S/c1-27-20-10-6-5-9-19(20)23-21(24)15-26-22(25)18-13-11-17(12-14-18)16-7-3-2-4-8-16/h2-14H,15H2,1H3,(H,23,24). The fraction of sp³-hybridized carbons (Fsp3) is 0.0909. The Labute approximate surface area is 162 Å². The molecule has 0 atom stereocenters. The zero-order valence-electron chi connectivity index (χ0n) is 14.8. The van der Waals surface area contributed by atoms with E-state index in [9.17, 15) is 9.59 Å². The van der Waals surface area contributed by atoms with Crippen LogP contribution in [0.1, 0.15) is 10.4 Å². The van der Waals surface area contributed by atoms with Crippen molar-refractivity contribution in [3.05, 3.63) is 84.4 Å². The summed E-state index contributed by atoms with van der Waals surface area (Å²) in [5.74, 6) is -0.895. The van der Waals surface area contributed by atoms with Crippen molar-refractivity contribution in [2.45, 2.75) is 4.90 Å². The smallest absolute Gasteiger partial charge is 0.338 e. The summed E-state index contributed by atoms with van der Waals surface area (Å²) in [5, 5.41) is 2.76. The van der Waals surface area contributed by atoms with Crippen molar-refractivity contribution in [3.8, 4) is 11.1 Å². The first-order valence-corrected chi connectivity index (χ1v) is 9.65. The van der Waals surface area contributed by atoms with Crippen LogP contribution in [0.3, 0.4) is 0 Å². The Balaban J connectivity index is 1.56. The lowest BCUT2D eigenvalue weighted by atomic mass is 10.0. The van der Waals surface area contributed by atoms with Gasteiger partial charge in [0.25, 0.3) is 5.91 Å². The Bertz CT molecular complexity index is 924. The zero-order chi connectivity index (χ0) is 19.1. The number of esters is 1. The number of rotatable bonds is 6. The van der Waals surface area contributed by atoms with Gasteiger partial charge in [-0.3, -0.25) is 4.79 Å². The van der Waals surface area contributed by atoms with Crippen molar-refractivity contribution in [1.82, 2.24) is 0 Å². The van der Waals surface area contributed by atoms with Crippen LogP contribution < -0.4 is 5.32 Å². The van der Waals surface area contributed by atoms with Gasteiger partial charge < -0.3 is 10.1 Å². The summed E-state index contributed by atoms with van der Waals surface area (Å²) in [6.45, 7) is -0.331. The van der Waals surface area contributed by atoms with Crippen LogP contribution in [0.15, 0.2) is 83.8 Å². The number of para-hydroxylation sites is 1. The molecular weight excluding hydrogens is 358 g/mol. The molecule has 0 spiro atoms. The molecule has 0 bridgehead atoms. The summed E-state index contributed by atoms with van der Waals surface area (Å²) in [4.78, 5) is 25.2. The van der Waals surface area contributed by atoms with Gasteiger partial charge in [-0.25, -0.2) is 4.79 Å². The number of carbonyl (C=O) groups excluding carboxylic acids is 2. The van der Waals surface area contributed by atoms with E-state index >= 15 is 0 Å². The van der Waals surface area contributed by atoms with Crippen LogP contribution in [0.4, 0.5) is 5.69 Å². The molecule has 5 heteroatoms. The van der Waals surface area contributed by atoms with Crippen molar-refractivity contribution >= 4 is 29.3 Å². The maximum absolute atomic E-state index is 12.2. The highest BCUT2D eigenvalue weighted by molar-refractivity contribution is 7.98. The van der Waals surface area contributed by atoms with Crippen molar-refractivity contribution in [2.24, 2.45) is 0 Å². The average molecular weight is 377 g/mol. The number of anilines is 1. The molecule has 0 fully saturated rings. The van der Waals surface area contributed by atoms with Gasteiger partial charge in [0.1, 0.15) is 0 Å². The average Bonchev–Trinajstić information content (AvgIpc) is 2.73. The fourth-order valence-electron chi connectivity index (χ4n) is 2.58. The number of hydrogen-bond acceptors (Lipinski definition) is 4. The van der Waals surface area contributed by atoms with Gasteiger partial charge >= 0.3 is 5.97 Å². The van der Waals surface area contributed by atoms with Crippen LogP contribution >= 0.6 is 11.8 Å². The molecule has 27 heavy (non-hydrogen) atoms. The third-order valence-corrected chi connectivity index (χ3v) is 4.74. The molecule has 0 radical (unpaired) electrons. The van der Waals surface area contributed by atoms with E-state index in [-0.39, 0.29) is 12.5 Å². The topological polar surface area (TPSA) is 55.4 Å². The summed E-state index contributed by atoms with van der Waals surface area (Å²) < 4.78 is 5.12. The Kier molecular flexibility index (Phi) is 6.28. The minimum Gasteiger partial charge on any atom is -0.452 e. The number of benzene rings is 3. The van der Waals surface area contributed by atoms with Gasteiger partial charge in [-0.1, -0.05) is 54.6 Å². The van der Waals surface area contributed by atoms with E-state index in [1.54, 1.807) is 12.1 Å². The van der Waals surface area contributed by atoms with E-state index in [0.29, 0.717) is 11.3 Å². The molecule has 3 rings (SSSR count). The summed E-state index contributed by atoms with van der Waals surface area (Å²) in [5.41, 5.74) is 3.20. The molecule has 3 aromatic carbocycles. The molecule has 0 aromatic heterocycles. The predicted molar refractivity (Wildman–Crippen MR) is 109 cm³/mol. The van der Waals surface area contributed by atoms with Crippen molar-refractivity contribution < 1.29 is 14.3 Å². The van der Waals surface area contributed by atoms with Crippen LogP contribution in [-0.2, 0) is 9.53 Å². The van der Waals surface area contributed by atoms with E-state index in [0.717, 1.165) is 16.0 Å². The highest BCUT2D eigenvalue weighted by Crippen LogP contribution is 2.24. The first-order valence-electron chi connectivity index (χ1n) is 8.43. The molecule has 0 saturated heterocycles. The van der Waals surface area contributed by atoms with Crippen LogP contribution in [0, 0.1) is 0 Å². The van der Waals surface area contributed by atoms with E-state index in [1.807, 2.05) is 73.0 Å². The molecule has 136 valence electrons. The van der Waals surface area contributed by atoms with Crippen molar-refractivity contribution in [3.63, 3.8) is 0 Å². The lowest BCUT2D eigenvalue weighted by Crippen LogP contribution is -2.21. The van der Waals surface area contributed by atoms with E-state index in [1.165, 1.54) is 11.8 Å². The van der Waals surface area contributed by atoms with Crippen LogP contribution in [-0.4, -0.2) is 24.7 Å². The molecule has 0 aliphatic rings. The maximum Gasteiger partial charge on any atom is 0.338 e. The Morgan fingerprint density at radius 3 is 2.19 bits per heavy atom. The van der Waals surface area contributed by atoms with Crippen molar-refractivity contribution in [2.75, 3.05) is 18.2 Å². The molecule has 0 saturated carbocycles. The number of ether oxygens (including phenoxy) is 1. The first-order chi connectivity index (χ1) is 13.2. The minimum atomic E-state index is -0.525. The predicted octanol–water partition coefficient (Wildman–Crippen LogP) is 4.87. The fourth-order valence-corrected chi connectivity index (χ4v) is 3.13. The van der Waals surface area contributed by atoms with Gasteiger partial charge in [-0.2, -0.15) is 0 Å². The second-order valence-electron chi connectivity index (χ2n) is 5.77. The Morgan fingerprint density at radius 2 is 1.48 bits per heavy atom. The minimum absolute atomic E-state index is 0.331. The second-order valence-corrected chi connectivity index (χ2v) is 6.62. The molecule has 4 nitrogen and oxygen atoms in total. The number of nitrogens with one attached hydrogen (secondary N) is 1. The van der Waals surface area contributed by atoms with Crippen LogP contribution in [0.25, 0.3) is 11.1 Å². The molecule has 0 aliphatic carbocycles. The highest BCUT2D eigenvalue weighted by Gasteiger charge is 2.12. The maximum atomic E-state index is 12.2.